The predicted molar refractivity (Wildman–Crippen MR) is 104 cm³/mol. The molecule has 0 saturated carbocycles. The summed E-state index contributed by atoms with van der Waals surface area (Å²) in [5.41, 5.74) is 4.78. The minimum absolute atomic E-state index is 0.00161. The molecule has 2 N–H and O–H groups in total. The van der Waals surface area contributed by atoms with Gasteiger partial charge in [0.1, 0.15) is 17.4 Å². The average molecular weight is 349 g/mol. The molecule has 134 valence electrons. The summed E-state index contributed by atoms with van der Waals surface area (Å²) < 4.78 is 5.37. The number of rotatable bonds is 6. The molecule has 2 aromatic rings. The number of anilines is 2. The predicted octanol–water partition coefficient (Wildman–Crippen LogP) is 4.47. The fourth-order valence-electron chi connectivity index (χ4n) is 2.70. The molecule has 1 amide bonds. The Labute approximate surface area is 154 Å². The van der Waals surface area contributed by atoms with Gasteiger partial charge in [-0.1, -0.05) is 17.7 Å². The molecule has 0 aromatic heterocycles. The van der Waals surface area contributed by atoms with Gasteiger partial charge in [-0.3, -0.25) is 4.79 Å². The van der Waals surface area contributed by atoms with Crippen LogP contribution in [0.5, 0.6) is 5.75 Å². The molecule has 0 radical (unpaired) electrons. The van der Waals surface area contributed by atoms with Gasteiger partial charge in [0.2, 0.25) is 0 Å². The average Bonchev–Trinajstić information content (AvgIpc) is 2.59. The number of amides is 1. The van der Waals surface area contributed by atoms with E-state index < -0.39 is 5.91 Å². The topological polar surface area (TPSA) is 74.1 Å². The maximum atomic E-state index is 12.3. The molecular weight excluding hydrogens is 326 g/mol. The highest BCUT2D eigenvalue weighted by atomic mass is 16.5. The number of nitrogens with zero attached hydrogens (tertiary/aromatic N) is 1. The largest absolute Gasteiger partial charge is 0.494 e. The third-order valence-corrected chi connectivity index (χ3v) is 3.83. The number of benzene rings is 2. The molecule has 0 aliphatic rings. The Hall–Kier alpha value is -3.26. The van der Waals surface area contributed by atoms with Crippen LogP contribution in [-0.4, -0.2) is 12.5 Å². The van der Waals surface area contributed by atoms with Crippen LogP contribution in [0.2, 0.25) is 0 Å². The second-order valence-corrected chi connectivity index (χ2v) is 6.00. The lowest BCUT2D eigenvalue weighted by molar-refractivity contribution is -0.112. The Morgan fingerprint density at radius 3 is 2.31 bits per heavy atom. The van der Waals surface area contributed by atoms with E-state index in [2.05, 4.69) is 22.8 Å². The van der Waals surface area contributed by atoms with Crippen LogP contribution >= 0.6 is 0 Å². The summed E-state index contributed by atoms with van der Waals surface area (Å²) in [7, 11) is 0. The van der Waals surface area contributed by atoms with Crippen molar-refractivity contribution in [3.63, 3.8) is 0 Å². The third-order valence-electron chi connectivity index (χ3n) is 3.83. The van der Waals surface area contributed by atoms with Crippen molar-refractivity contribution in [2.75, 3.05) is 17.2 Å². The molecule has 0 heterocycles. The molecule has 0 aliphatic carbocycles. The lowest BCUT2D eigenvalue weighted by atomic mass is 10.1. The van der Waals surface area contributed by atoms with E-state index in [1.54, 1.807) is 24.3 Å². The molecule has 26 heavy (non-hydrogen) atoms. The lowest BCUT2D eigenvalue weighted by Gasteiger charge is -2.11. The number of nitrogens with one attached hydrogen (secondary N) is 2. The summed E-state index contributed by atoms with van der Waals surface area (Å²) in [5, 5.41) is 15.1. The molecule has 0 aliphatic heterocycles. The summed E-state index contributed by atoms with van der Waals surface area (Å²) in [5.74, 6) is 0.264. The van der Waals surface area contributed by atoms with Gasteiger partial charge in [0.15, 0.2) is 0 Å². The standard InChI is InChI=1S/C21H23N3O2/c1-5-26-19-8-6-18(7-9-19)24-21(25)17(12-22)13-23-20-15(3)10-14(2)11-16(20)4/h6-11,13,23H,5H2,1-4H3,(H,24,25)/b17-13-. The van der Waals surface area contributed by atoms with Gasteiger partial charge in [-0.15, -0.1) is 0 Å². The van der Waals surface area contributed by atoms with Crippen molar-refractivity contribution >= 4 is 17.3 Å². The normalized spacial score (nSPS) is 10.8. The number of nitriles is 1. The van der Waals surface area contributed by atoms with Crippen LogP contribution in [0, 0.1) is 32.1 Å². The second kappa shape index (κ2) is 8.72. The van der Waals surface area contributed by atoms with E-state index in [0.29, 0.717) is 12.3 Å². The lowest BCUT2D eigenvalue weighted by Crippen LogP contribution is -2.14. The van der Waals surface area contributed by atoms with Gasteiger partial charge in [0.25, 0.3) is 5.91 Å². The first-order valence-electron chi connectivity index (χ1n) is 8.43. The van der Waals surface area contributed by atoms with E-state index in [4.69, 9.17) is 4.74 Å². The Morgan fingerprint density at radius 2 is 1.77 bits per heavy atom. The number of hydrogen-bond acceptors (Lipinski definition) is 4. The Bertz CT molecular complexity index is 839. The van der Waals surface area contributed by atoms with Gasteiger partial charge in [-0.05, 0) is 63.1 Å². The van der Waals surface area contributed by atoms with Gasteiger partial charge in [0, 0.05) is 17.6 Å². The molecule has 2 aromatic carbocycles. The van der Waals surface area contributed by atoms with Gasteiger partial charge in [-0.2, -0.15) is 5.26 Å². The van der Waals surface area contributed by atoms with E-state index in [1.165, 1.54) is 11.8 Å². The van der Waals surface area contributed by atoms with Crippen LogP contribution in [0.4, 0.5) is 11.4 Å². The summed E-state index contributed by atoms with van der Waals surface area (Å²) >= 11 is 0. The zero-order chi connectivity index (χ0) is 19.1. The van der Waals surface area contributed by atoms with Crippen LogP contribution < -0.4 is 15.4 Å². The highest BCUT2D eigenvalue weighted by Crippen LogP contribution is 2.22. The van der Waals surface area contributed by atoms with Crippen LogP contribution in [-0.2, 0) is 4.79 Å². The Kier molecular flexibility index (Phi) is 6.40. The monoisotopic (exact) mass is 349 g/mol. The summed E-state index contributed by atoms with van der Waals surface area (Å²) in [6, 6.07) is 13.0. The van der Waals surface area contributed by atoms with Crippen molar-refractivity contribution in [3.05, 3.63) is 64.9 Å². The van der Waals surface area contributed by atoms with Crippen LogP contribution in [0.25, 0.3) is 0 Å². The maximum Gasteiger partial charge on any atom is 0.267 e. The fraction of sp³-hybridized carbons (Fsp3) is 0.238. The smallest absolute Gasteiger partial charge is 0.267 e. The number of ether oxygens (including phenoxy) is 1. The number of aryl methyl sites for hydroxylation is 3. The van der Waals surface area contributed by atoms with Gasteiger partial charge in [-0.25, -0.2) is 0 Å². The maximum absolute atomic E-state index is 12.3. The SMILES string of the molecule is CCOc1ccc(NC(=O)/C(C#N)=C\Nc2c(C)cc(C)cc2C)cc1. The van der Waals surface area contributed by atoms with Gasteiger partial charge >= 0.3 is 0 Å². The van der Waals surface area contributed by atoms with E-state index >= 15 is 0 Å². The molecule has 5 heteroatoms. The minimum atomic E-state index is -0.466. The zero-order valence-corrected chi connectivity index (χ0v) is 15.5. The van der Waals surface area contributed by atoms with E-state index in [1.807, 2.05) is 33.8 Å². The van der Waals surface area contributed by atoms with Crippen molar-refractivity contribution in [1.29, 1.82) is 5.26 Å². The Morgan fingerprint density at radius 1 is 1.15 bits per heavy atom. The Balaban J connectivity index is 2.11. The number of carbonyl (C=O) groups is 1. The highest BCUT2D eigenvalue weighted by Gasteiger charge is 2.10. The van der Waals surface area contributed by atoms with Gasteiger partial charge < -0.3 is 15.4 Å². The van der Waals surface area contributed by atoms with Crippen molar-refractivity contribution < 1.29 is 9.53 Å². The second-order valence-electron chi connectivity index (χ2n) is 6.00. The molecule has 0 bridgehead atoms. The third kappa shape index (κ3) is 4.87. The minimum Gasteiger partial charge on any atom is -0.494 e. The molecule has 0 atom stereocenters. The van der Waals surface area contributed by atoms with E-state index in [-0.39, 0.29) is 5.57 Å². The van der Waals surface area contributed by atoms with E-state index in [0.717, 1.165) is 22.6 Å². The molecule has 0 unspecified atom stereocenters. The van der Waals surface area contributed by atoms with Crippen molar-refractivity contribution in [1.82, 2.24) is 0 Å². The molecule has 2 rings (SSSR count). The highest BCUT2D eigenvalue weighted by molar-refractivity contribution is 6.06. The number of carbonyl (C=O) groups excluding carboxylic acids is 1. The molecule has 0 saturated heterocycles. The number of hydrogen-bond donors (Lipinski definition) is 2. The first-order chi connectivity index (χ1) is 12.4. The van der Waals surface area contributed by atoms with Crippen molar-refractivity contribution in [2.45, 2.75) is 27.7 Å². The van der Waals surface area contributed by atoms with Crippen LogP contribution in [0.3, 0.4) is 0 Å². The first-order valence-corrected chi connectivity index (χ1v) is 8.43. The van der Waals surface area contributed by atoms with E-state index in [9.17, 15) is 10.1 Å². The molecular formula is C21H23N3O2. The molecule has 5 nitrogen and oxygen atoms in total. The quantitative estimate of drug-likeness (QED) is 0.596. The van der Waals surface area contributed by atoms with Crippen molar-refractivity contribution in [3.8, 4) is 11.8 Å². The van der Waals surface area contributed by atoms with Gasteiger partial charge in [0.05, 0.1) is 6.61 Å². The zero-order valence-electron chi connectivity index (χ0n) is 15.5. The summed E-state index contributed by atoms with van der Waals surface area (Å²) in [4.78, 5) is 12.3. The molecule has 0 spiro atoms. The summed E-state index contributed by atoms with van der Waals surface area (Å²) in [6.45, 7) is 8.50. The molecule has 0 fully saturated rings. The van der Waals surface area contributed by atoms with Crippen LogP contribution in [0.1, 0.15) is 23.6 Å². The van der Waals surface area contributed by atoms with Crippen molar-refractivity contribution in [2.24, 2.45) is 0 Å². The first kappa shape index (κ1) is 19.1. The fourth-order valence-corrected chi connectivity index (χ4v) is 2.70. The van der Waals surface area contributed by atoms with Crippen LogP contribution in [0.15, 0.2) is 48.2 Å². The summed E-state index contributed by atoms with van der Waals surface area (Å²) in [6.07, 6.45) is 1.44.